The summed E-state index contributed by atoms with van der Waals surface area (Å²) >= 11 is 0.974. The van der Waals surface area contributed by atoms with Crippen LogP contribution in [-0.2, 0) is 11.2 Å². The maximum Gasteiger partial charge on any atom is 0.293 e. The number of carbonyl (C=O) groups is 2. The van der Waals surface area contributed by atoms with Crippen LogP contribution in [0, 0.1) is 0 Å². The average molecular weight is 375 g/mol. The van der Waals surface area contributed by atoms with Gasteiger partial charge in [-0.3, -0.25) is 14.5 Å². The molecule has 1 aliphatic rings. The molecule has 1 fully saturated rings. The van der Waals surface area contributed by atoms with E-state index in [4.69, 9.17) is 9.47 Å². The maximum absolute atomic E-state index is 12.6. The number of rotatable bonds is 8. The lowest BCUT2D eigenvalue weighted by Crippen LogP contribution is -2.36. The number of hydrogen-bond acceptors (Lipinski definition) is 5. The molecule has 2 amide bonds. The Balaban J connectivity index is 2.44. The third kappa shape index (κ3) is 4.12. The molecule has 140 valence electrons. The second-order valence-electron chi connectivity index (χ2n) is 5.95. The molecule has 0 bridgehead atoms. The van der Waals surface area contributed by atoms with Gasteiger partial charge in [0.1, 0.15) is 0 Å². The molecule has 26 heavy (non-hydrogen) atoms. The largest absolute Gasteiger partial charge is 0.493 e. The Morgan fingerprint density at radius 2 is 2.04 bits per heavy atom. The highest BCUT2D eigenvalue weighted by Gasteiger charge is 2.37. The quantitative estimate of drug-likeness (QED) is 0.489. The van der Waals surface area contributed by atoms with Gasteiger partial charge < -0.3 is 9.47 Å². The lowest BCUT2D eigenvalue weighted by atomic mass is 10.0. The van der Waals surface area contributed by atoms with Crippen LogP contribution in [0.4, 0.5) is 4.79 Å². The van der Waals surface area contributed by atoms with Crippen LogP contribution >= 0.6 is 11.8 Å². The van der Waals surface area contributed by atoms with Crippen LogP contribution in [0.15, 0.2) is 29.7 Å². The first-order valence-electron chi connectivity index (χ1n) is 8.68. The van der Waals surface area contributed by atoms with E-state index in [9.17, 15) is 9.59 Å². The SMILES string of the molecule is C=CCc1cc(/C=C2/SC(=O)N([C@H](C)CC)C2=O)cc(OC)c1OCC. The second kappa shape index (κ2) is 8.94. The number of ether oxygens (including phenoxy) is 2. The lowest BCUT2D eigenvalue weighted by molar-refractivity contribution is -0.124. The van der Waals surface area contributed by atoms with Crippen molar-refractivity contribution in [1.29, 1.82) is 0 Å². The predicted molar refractivity (Wildman–Crippen MR) is 106 cm³/mol. The smallest absolute Gasteiger partial charge is 0.293 e. The van der Waals surface area contributed by atoms with Crippen LogP contribution in [-0.4, -0.2) is 35.8 Å². The molecule has 5 nitrogen and oxygen atoms in total. The fraction of sp³-hybridized carbons (Fsp3) is 0.400. The fourth-order valence-electron chi connectivity index (χ4n) is 2.73. The van der Waals surface area contributed by atoms with Crippen molar-refractivity contribution >= 4 is 29.0 Å². The number of amides is 2. The van der Waals surface area contributed by atoms with Gasteiger partial charge in [0.05, 0.1) is 18.6 Å². The normalized spacial score (nSPS) is 16.9. The molecular weight excluding hydrogens is 350 g/mol. The Kier molecular flexibility index (Phi) is 6.91. The topological polar surface area (TPSA) is 55.8 Å². The van der Waals surface area contributed by atoms with E-state index in [1.54, 1.807) is 19.3 Å². The van der Waals surface area contributed by atoms with Crippen molar-refractivity contribution < 1.29 is 19.1 Å². The zero-order valence-corrected chi connectivity index (χ0v) is 16.5. The molecule has 1 aliphatic heterocycles. The Hall–Kier alpha value is -2.21. The first kappa shape index (κ1) is 20.1. The molecule has 6 heteroatoms. The molecule has 0 aromatic heterocycles. The van der Waals surface area contributed by atoms with E-state index in [2.05, 4.69) is 6.58 Å². The molecule has 0 radical (unpaired) electrons. The van der Waals surface area contributed by atoms with Gasteiger partial charge in [0.15, 0.2) is 11.5 Å². The van der Waals surface area contributed by atoms with Gasteiger partial charge in [-0.1, -0.05) is 13.0 Å². The van der Waals surface area contributed by atoms with Crippen molar-refractivity contribution in [2.24, 2.45) is 0 Å². The summed E-state index contributed by atoms with van der Waals surface area (Å²) in [6.45, 7) is 10.1. The summed E-state index contributed by atoms with van der Waals surface area (Å²) in [5.41, 5.74) is 1.71. The number of hydrogen-bond donors (Lipinski definition) is 0. The average Bonchev–Trinajstić information content (AvgIpc) is 2.90. The highest BCUT2D eigenvalue weighted by Crippen LogP contribution is 2.37. The minimum atomic E-state index is -0.243. The number of carbonyl (C=O) groups excluding carboxylic acids is 2. The molecular formula is C20H25NO4S. The summed E-state index contributed by atoms with van der Waals surface area (Å²) in [6, 6.07) is 3.64. The number of imide groups is 1. The third-order valence-electron chi connectivity index (χ3n) is 4.18. The first-order valence-corrected chi connectivity index (χ1v) is 9.50. The van der Waals surface area contributed by atoms with E-state index >= 15 is 0 Å². The number of benzene rings is 1. The summed E-state index contributed by atoms with van der Waals surface area (Å²) in [5, 5.41) is -0.222. The van der Waals surface area contributed by atoms with Crippen LogP contribution in [0.25, 0.3) is 6.08 Å². The van der Waals surface area contributed by atoms with Gasteiger partial charge in [-0.15, -0.1) is 6.58 Å². The van der Waals surface area contributed by atoms with E-state index in [1.807, 2.05) is 32.9 Å². The summed E-state index contributed by atoms with van der Waals surface area (Å²) in [7, 11) is 1.58. The Morgan fingerprint density at radius 3 is 2.62 bits per heavy atom. The lowest BCUT2D eigenvalue weighted by Gasteiger charge is -2.19. The maximum atomic E-state index is 12.6. The van der Waals surface area contributed by atoms with Gasteiger partial charge in [0.2, 0.25) is 0 Å². The van der Waals surface area contributed by atoms with E-state index in [-0.39, 0.29) is 17.2 Å². The Bertz CT molecular complexity index is 742. The predicted octanol–water partition coefficient (Wildman–Crippen LogP) is 4.66. The first-order chi connectivity index (χ1) is 12.5. The van der Waals surface area contributed by atoms with Crippen LogP contribution in [0.5, 0.6) is 11.5 Å². The summed E-state index contributed by atoms with van der Waals surface area (Å²) < 4.78 is 11.2. The van der Waals surface area contributed by atoms with Crippen molar-refractivity contribution in [1.82, 2.24) is 4.90 Å². The van der Waals surface area contributed by atoms with Crippen molar-refractivity contribution in [2.75, 3.05) is 13.7 Å². The van der Waals surface area contributed by atoms with Crippen LogP contribution < -0.4 is 9.47 Å². The molecule has 1 saturated heterocycles. The van der Waals surface area contributed by atoms with Crippen molar-refractivity contribution in [3.63, 3.8) is 0 Å². The number of nitrogens with zero attached hydrogens (tertiary/aromatic N) is 1. The van der Waals surface area contributed by atoms with Crippen molar-refractivity contribution in [2.45, 2.75) is 39.7 Å². The van der Waals surface area contributed by atoms with Crippen LogP contribution in [0.2, 0.25) is 0 Å². The molecule has 1 atom stereocenters. The Labute approximate surface area is 159 Å². The van der Waals surface area contributed by atoms with E-state index in [0.29, 0.717) is 29.4 Å². The van der Waals surface area contributed by atoms with Gasteiger partial charge >= 0.3 is 0 Å². The minimum absolute atomic E-state index is 0.111. The van der Waals surface area contributed by atoms with Gasteiger partial charge in [-0.25, -0.2) is 0 Å². The molecule has 1 heterocycles. The molecule has 0 aliphatic carbocycles. The third-order valence-corrected chi connectivity index (χ3v) is 5.06. The van der Waals surface area contributed by atoms with Crippen molar-refractivity contribution in [3.8, 4) is 11.5 Å². The number of allylic oxidation sites excluding steroid dienone is 1. The summed E-state index contributed by atoms with van der Waals surface area (Å²) in [4.78, 5) is 26.5. The molecule has 0 N–H and O–H groups in total. The molecule has 1 aromatic carbocycles. The van der Waals surface area contributed by atoms with E-state index in [0.717, 1.165) is 29.3 Å². The van der Waals surface area contributed by atoms with E-state index in [1.165, 1.54) is 4.90 Å². The monoisotopic (exact) mass is 375 g/mol. The van der Waals surface area contributed by atoms with Gasteiger partial charge in [0, 0.05) is 11.6 Å². The fourth-order valence-corrected chi connectivity index (χ4v) is 3.66. The van der Waals surface area contributed by atoms with Gasteiger partial charge in [0.25, 0.3) is 11.1 Å². The number of methoxy groups -OCH3 is 1. The minimum Gasteiger partial charge on any atom is -0.493 e. The highest BCUT2D eigenvalue weighted by atomic mass is 32.2. The second-order valence-corrected chi connectivity index (χ2v) is 6.94. The molecule has 0 spiro atoms. The molecule has 1 aromatic rings. The number of thioether (sulfide) groups is 1. The summed E-state index contributed by atoms with van der Waals surface area (Å²) in [6.07, 6.45) is 4.86. The van der Waals surface area contributed by atoms with Gasteiger partial charge in [-0.05, 0) is 62.2 Å². The summed E-state index contributed by atoms with van der Waals surface area (Å²) in [5.74, 6) is 1.03. The van der Waals surface area contributed by atoms with Crippen LogP contribution in [0.3, 0.4) is 0 Å². The molecule has 2 rings (SSSR count). The van der Waals surface area contributed by atoms with Gasteiger partial charge in [-0.2, -0.15) is 0 Å². The molecule has 0 unspecified atom stereocenters. The Morgan fingerprint density at radius 1 is 1.31 bits per heavy atom. The highest BCUT2D eigenvalue weighted by molar-refractivity contribution is 8.18. The molecule has 0 saturated carbocycles. The van der Waals surface area contributed by atoms with E-state index < -0.39 is 0 Å². The van der Waals surface area contributed by atoms with Crippen LogP contribution in [0.1, 0.15) is 38.3 Å². The zero-order valence-electron chi connectivity index (χ0n) is 15.7. The van der Waals surface area contributed by atoms with Crippen molar-refractivity contribution in [3.05, 3.63) is 40.8 Å². The standard InChI is InChI=1S/C20H25NO4S/c1-6-9-15-10-14(11-16(24-5)18(15)25-8-3)12-17-19(22)21(13(4)7-2)20(23)26-17/h6,10-13H,1,7-9H2,2-5H3/b17-12+/t13-/m1/s1. The zero-order chi connectivity index (χ0) is 19.3.